The van der Waals surface area contributed by atoms with Gasteiger partial charge in [0.05, 0.1) is 13.1 Å². The van der Waals surface area contributed by atoms with E-state index in [1.54, 1.807) is 0 Å². The molecule has 2 rings (SSSR count). The summed E-state index contributed by atoms with van der Waals surface area (Å²) in [6.07, 6.45) is 4.59. The SMILES string of the molecule is Cc1ccc(CCCC(=O)OC(C)(C)C2CC[NH2+]CC2)cc1. The number of rotatable bonds is 6. The van der Waals surface area contributed by atoms with E-state index in [2.05, 4.69) is 50.4 Å². The largest absolute Gasteiger partial charge is 0.459 e. The van der Waals surface area contributed by atoms with Gasteiger partial charge < -0.3 is 10.1 Å². The third-order valence-corrected chi connectivity index (χ3v) is 4.77. The van der Waals surface area contributed by atoms with E-state index in [1.165, 1.54) is 11.1 Å². The number of nitrogens with two attached hydrogens (primary N) is 1. The van der Waals surface area contributed by atoms with Crippen LogP contribution in [0.15, 0.2) is 24.3 Å². The lowest BCUT2D eigenvalue weighted by Crippen LogP contribution is -2.86. The first-order valence-corrected chi connectivity index (χ1v) is 8.56. The molecular formula is C19H30NO2+. The van der Waals surface area contributed by atoms with E-state index in [0.717, 1.165) is 38.8 Å². The fourth-order valence-corrected chi connectivity index (χ4v) is 3.24. The number of carbonyl (C=O) groups excluding carboxylic acids is 1. The van der Waals surface area contributed by atoms with Gasteiger partial charge in [0, 0.05) is 25.2 Å². The standard InChI is InChI=1S/C19H29NO2/c1-15-7-9-16(10-8-15)5-4-6-18(21)22-19(2,3)17-11-13-20-14-12-17/h7-10,17,20H,4-6,11-14H2,1-3H3/p+1. The van der Waals surface area contributed by atoms with Crippen LogP contribution >= 0.6 is 0 Å². The van der Waals surface area contributed by atoms with Crippen LogP contribution in [0.2, 0.25) is 0 Å². The summed E-state index contributed by atoms with van der Waals surface area (Å²) in [5.74, 6) is 0.449. The first-order chi connectivity index (χ1) is 10.5. The van der Waals surface area contributed by atoms with Crippen molar-refractivity contribution in [2.24, 2.45) is 5.92 Å². The van der Waals surface area contributed by atoms with Gasteiger partial charge in [-0.2, -0.15) is 0 Å². The smallest absolute Gasteiger partial charge is 0.306 e. The summed E-state index contributed by atoms with van der Waals surface area (Å²) in [5, 5.41) is 2.34. The number of hydrogen-bond donors (Lipinski definition) is 1. The van der Waals surface area contributed by atoms with E-state index >= 15 is 0 Å². The first-order valence-electron chi connectivity index (χ1n) is 8.56. The van der Waals surface area contributed by atoms with Gasteiger partial charge in [0.25, 0.3) is 0 Å². The molecule has 3 nitrogen and oxygen atoms in total. The molecule has 0 radical (unpaired) electrons. The minimum absolute atomic E-state index is 0.0494. The number of carbonyl (C=O) groups is 1. The van der Waals surface area contributed by atoms with E-state index in [4.69, 9.17) is 4.74 Å². The van der Waals surface area contributed by atoms with Crippen molar-refractivity contribution in [3.8, 4) is 0 Å². The predicted molar refractivity (Wildman–Crippen MR) is 88.7 cm³/mol. The average molecular weight is 304 g/mol. The lowest BCUT2D eigenvalue weighted by atomic mass is 9.83. The third-order valence-electron chi connectivity index (χ3n) is 4.77. The Bertz CT molecular complexity index is 473. The molecule has 3 heteroatoms. The zero-order chi connectivity index (χ0) is 16.0. The molecule has 2 N–H and O–H groups in total. The van der Waals surface area contributed by atoms with Gasteiger partial charge in [-0.05, 0) is 39.2 Å². The highest BCUT2D eigenvalue weighted by atomic mass is 16.6. The maximum atomic E-state index is 12.1. The molecule has 1 aromatic carbocycles. The van der Waals surface area contributed by atoms with E-state index in [9.17, 15) is 4.79 Å². The Balaban J connectivity index is 1.73. The average Bonchev–Trinajstić information content (AvgIpc) is 2.50. The van der Waals surface area contributed by atoms with Crippen molar-refractivity contribution >= 4 is 5.97 Å². The van der Waals surface area contributed by atoms with Crippen molar-refractivity contribution in [2.45, 2.75) is 58.5 Å². The Kier molecular flexibility index (Phi) is 6.01. The molecule has 1 heterocycles. The summed E-state index contributed by atoms with van der Waals surface area (Å²) in [4.78, 5) is 12.1. The van der Waals surface area contributed by atoms with Crippen molar-refractivity contribution in [3.63, 3.8) is 0 Å². The molecule has 0 unspecified atom stereocenters. The molecule has 0 aromatic heterocycles. The first kappa shape index (κ1) is 17.0. The third kappa shape index (κ3) is 5.13. The molecule has 0 atom stereocenters. The van der Waals surface area contributed by atoms with Gasteiger partial charge in [-0.25, -0.2) is 0 Å². The fourth-order valence-electron chi connectivity index (χ4n) is 3.24. The van der Waals surface area contributed by atoms with Gasteiger partial charge in [0.15, 0.2) is 0 Å². The molecule has 1 saturated heterocycles. The summed E-state index contributed by atoms with van der Waals surface area (Å²) in [5.41, 5.74) is 2.24. The van der Waals surface area contributed by atoms with E-state index in [-0.39, 0.29) is 11.6 Å². The van der Waals surface area contributed by atoms with Crippen LogP contribution in [0, 0.1) is 12.8 Å². The molecule has 0 amide bonds. The Morgan fingerprint density at radius 3 is 2.50 bits per heavy atom. The lowest BCUT2D eigenvalue weighted by Gasteiger charge is -2.35. The van der Waals surface area contributed by atoms with Crippen LogP contribution in [0.5, 0.6) is 0 Å². The lowest BCUT2D eigenvalue weighted by molar-refractivity contribution is -0.665. The van der Waals surface area contributed by atoms with E-state index in [0.29, 0.717) is 12.3 Å². The summed E-state index contributed by atoms with van der Waals surface area (Å²) < 4.78 is 5.78. The van der Waals surface area contributed by atoms with Gasteiger partial charge in [-0.1, -0.05) is 29.8 Å². The minimum Gasteiger partial charge on any atom is -0.459 e. The number of aryl methyl sites for hydroxylation is 2. The molecule has 1 fully saturated rings. The van der Waals surface area contributed by atoms with Crippen LogP contribution in [0.1, 0.15) is 50.7 Å². The van der Waals surface area contributed by atoms with Gasteiger partial charge in [0.1, 0.15) is 5.60 Å². The van der Waals surface area contributed by atoms with Crippen molar-refractivity contribution in [2.75, 3.05) is 13.1 Å². The Morgan fingerprint density at radius 2 is 1.86 bits per heavy atom. The second-order valence-corrected chi connectivity index (χ2v) is 7.06. The molecular weight excluding hydrogens is 274 g/mol. The Hall–Kier alpha value is -1.35. The molecule has 0 spiro atoms. The maximum absolute atomic E-state index is 12.1. The van der Waals surface area contributed by atoms with Crippen molar-refractivity contribution < 1.29 is 14.8 Å². The summed E-state index contributed by atoms with van der Waals surface area (Å²) in [7, 11) is 0. The highest BCUT2D eigenvalue weighted by Gasteiger charge is 2.35. The summed E-state index contributed by atoms with van der Waals surface area (Å²) in [6.45, 7) is 8.53. The number of piperidine rings is 1. The van der Waals surface area contributed by atoms with Gasteiger partial charge in [-0.3, -0.25) is 4.79 Å². The predicted octanol–water partition coefficient (Wildman–Crippen LogP) is 2.61. The highest BCUT2D eigenvalue weighted by Crippen LogP contribution is 2.28. The topological polar surface area (TPSA) is 42.9 Å². The van der Waals surface area contributed by atoms with Gasteiger partial charge >= 0.3 is 5.97 Å². The van der Waals surface area contributed by atoms with Crippen LogP contribution in [-0.2, 0) is 16.0 Å². The zero-order valence-electron chi connectivity index (χ0n) is 14.2. The number of benzene rings is 1. The second-order valence-electron chi connectivity index (χ2n) is 7.06. The molecule has 1 aromatic rings. The van der Waals surface area contributed by atoms with Gasteiger partial charge in [0.2, 0.25) is 0 Å². The number of quaternary nitrogens is 1. The molecule has 22 heavy (non-hydrogen) atoms. The monoisotopic (exact) mass is 304 g/mol. The number of ether oxygens (including phenoxy) is 1. The summed E-state index contributed by atoms with van der Waals surface area (Å²) in [6, 6.07) is 8.53. The fraction of sp³-hybridized carbons (Fsp3) is 0.632. The van der Waals surface area contributed by atoms with Crippen molar-refractivity contribution in [3.05, 3.63) is 35.4 Å². The van der Waals surface area contributed by atoms with Crippen LogP contribution in [0.25, 0.3) is 0 Å². The number of hydrogen-bond acceptors (Lipinski definition) is 2. The molecule has 1 aliphatic rings. The molecule has 1 aliphatic heterocycles. The normalized spacial score (nSPS) is 16.5. The molecule has 0 bridgehead atoms. The Morgan fingerprint density at radius 1 is 1.23 bits per heavy atom. The quantitative estimate of drug-likeness (QED) is 0.821. The second kappa shape index (κ2) is 7.77. The van der Waals surface area contributed by atoms with Crippen LogP contribution in [-0.4, -0.2) is 24.7 Å². The molecule has 0 saturated carbocycles. The van der Waals surface area contributed by atoms with E-state index in [1.807, 2.05) is 0 Å². The summed E-state index contributed by atoms with van der Waals surface area (Å²) >= 11 is 0. The van der Waals surface area contributed by atoms with Crippen LogP contribution in [0.4, 0.5) is 0 Å². The van der Waals surface area contributed by atoms with E-state index < -0.39 is 0 Å². The van der Waals surface area contributed by atoms with Gasteiger partial charge in [-0.15, -0.1) is 0 Å². The highest BCUT2D eigenvalue weighted by molar-refractivity contribution is 5.69. The molecule has 122 valence electrons. The molecule has 0 aliphatic carbocycles. The van der Waals surface area contributed by atoms with Crippen LogP contribution in [0.3, 0.4) is 0 Å². The maximum Gasteiger partial charge on any atom is 0.306 e. The van der Waals surface area contributed by atoms with Crippen molar-refractivity contribution in [1.29, 1.82) is 0 Å². The Labute approximate surface area is 134 Å². The number of esters is 1. The van der Waals surface area contributed by atoms with Crippen LogP contribution < -0.4 is 5.32 Å². The minimum atomic E-state index is -0.324. The van der Waals surface area contributed by atoms with Crippen molar-refractivity contribution in [1.82, 2.24) is 0 Å². The zero-order valence-corrected chi connectivity index (χ0v) is 14.2.